The van der Waals surface area contributed by atoms with Gasteiger partial charge in [-0.05, 0) is 68.0 Å². The minimum Gasteiger partial charge on any atom is -0.406 e. The van der Waals surface area contributed by atoms with Crippen LogP contribution in [0.2, 0.25) is 0 Å². The maximum atomic E-state index is 14.0. The molecule has 0 unspecified atom stereocenters. The van der Waals surface area contributed by atoms with E-state index < -0.39 is 47.4 Å². The number of carbonyl (C=O) groups is 1. The number of halogens is 7. The van der Waals surface area contributed by atoms with E-state index in [1.807, 2.05) is 0 Å². The molecule has 13 heteroatoms. The molecular weight excluding hydrogens is 521 g/mol. The second-order valence-electron chi connectivity index (χ2n) is 8.81. The number of hydrogen-bond acceptors (Lipinski definition) is 5. The van der Waals surface area contributed by atoms with E-state index in [2.05, 4.69) is 20.0 Å². The van der Waals surface area contributed by atoms with Gasteiger partial charge in [0.25, 0.3) is 5.91 Å². The molecule has 1 aliphatic heterocycles. The fourth-order valence-corrected chi connectivity index (χ4v) is 3.92. The summed E-state index contributed by atoms with van der Waals surface area (Å²) in [7, 11) is 0. The van der Waals surface area contributed by atoms with Crippen molar-refractivity contribution in [3.8, 4) is 5.75 Å². The molecule has 1 amide bonds. The summed E-state index contributed by atoms with van der Waals surface area (Å²) in [5.41, 5.74) is -0.858. The van der Waals surface area contributed by atoms with Gasteiger partial charge < -0.3 is 10.1 Å². The van der Waals surface area contributed by atoms with Gasteiger partial charge in [-0.25, -0.2) is 14.4 Å². The first kappa shape index (κ1) is 26.9. The van der Waals surface area contributed by atoms with Gasteiger partial charge in [0, 0.05) is 11.9 Å². The van der Waals surface area contributed by atoms with Gasteiger partial charge in [-0.15, -0.1) is 13.2 Å². The fraction of sp³-hybridized carbons (Fsp3) is 0.240. The van der Waals surface area contributed by atoms with Crippen molar-refractivity contribution in [3.63, 3.8) is 0 Å². The lowest BCUT2D eigenvalue weighted by Crippen LogP contribution is -2.41. The van der Waals surface area contributed by atoms with E-state index >= 15 is 0 Å². The van der Waals surface area contributed by atoms with Crippen molar-refractivity contribution in [1.82, 2.24) is 15.3 Å². The summed E-state index contributed by atoms with van der Waals surface area (Å²) in [6.07, 6.45) is -7.29. The number of nitrogens with one attached hydrogen (secondary N) is 1. The van der Waals surface area contributed by atoms with Crippen LogP contribution in [-0.2, 0) is 16.5 Å². The van der Waals surface area contributed by atoms with Crippen molar-refractivity contribution in [3.05, 3.63) is 95.5 Å². The van der Waals surface area contributed by atoms with Crippen LogP contribution in [0.15, 0.2) is 72.6 Å². The molecule has 1 atom stereocenters. The first-order chi connectivity index (χ1) is 17.6. The van der Waals surface area contributed by atoms with Gasteiger partial charge in [0.15, 0.2) is 0 Å². The van der Waals surface area contributed by atoms with E-state index in [0.717, 1.165) is 18.3 Å². The van der Waals surface area contributed by atoms with Gasteiger partial charge in [0.05, 0.1) is 23.0 Å². The maximum Gasteiger partial charge on any atom is 0.573 e. The number of nitrogens with zero attached hydrogens (tertiary/aromatic N) is 3. The van der Waals surface area contributed by atoms with Crippen LogP contribution in [0.25, 0.3) is 0 Å². The third kappa shape index (κ3) is 5.87. The Balaban J connectivity index is 1.69. The highest BCUT2D eigenvalue weighted by Crippen LogP contribution is 2.38. The first-order valence-electron chi connectivity index (χ1n) is 11.0. The molecule has 4 rings (SSSR count). The molecule has 6 nitrogen and oxygen atoms in total. The molecule has 0 spiro atoms. The highest BCUT2D eigenvalue weighted by molar-refractivity contribution is 6.09. The van der Waals surface area contributed by atoms with Crippen LogP contribution >= 0.6 is 0 Å². The Hall–Kier alpha value is -4.16. The van der Waals surface area contributed by atoms with E-state index in [4.69, 9.17) is 0 Å². The molecule has 0 saturated heterocycles. The van der Waals surface area contributed by atoms with E-state index in [9.17, 15) is 35.5 Å². The quantitative estimate of drug-likeness (QED) is 0.387. The molecule has 1 aromatic heterocycles. The number of ether oxygens (including phenoxy) is 1. The Morgan fingerprint density at radius 2 is 1.66 bits per heavy atom. The second-order valence-corrected chi connectivity index (χ2v) is 8.81. The molecule has 38 heavy (non-hydrogen) atoms. The summed E-state index contributed by atoms with van der Waals surface area (Å²) in [4.78, 5) is 21.5. The molecule has 0 saturated carbocycles. The predicted octanol–water partition coefficient (Wildman–Crippen LogP) is 6.03. The van der Waals surface area contributed by atoms with Crippen molar-refractivity contribution in [1.29, 1.82) is 0 Å². The average Bonchev–Trinajstić information content (AvgIpc) is 3.13. The Morgan fingerprint density at radius 1 is 0.974 bits per heavy atom. The number of benzene rings is 2. The van der Waals surface area contributed by atoms with E-state index in [1.54, 1.807) is 6.07 Å². The van der Waals surface area contributed by atoms with Crippen molar-refractivity contribution in [2.75, 3.05) is 4.90 Å². The topological polar surface area (TPSA) is 67.3 Å². The van der Waals surface area contributed by atoms with Crippen LogP contribution in [0.4, 0.5) is 36.4 Å². The van der Waals surface area contributed by atoms with Crippen LogP contribution in [0, 0.1) is 5.82 Å². The van der Waals surface area contributed by atoms with Gasteiger partial charge in [0.2, 0.25) is 5.82 Å². The number of amides is 1. The zero-order valence-corrected chi connectivity index (χ0v) is 19.7. The molecule has 0 radical (unpaired) electrons. The van der Waals surface area contributed by atoms with Gasteiger partial charge in [-0.3, -0.25) is 9.69 Å². The Kier molecular flexibility index (Phi) is 6.80. The number of alkyl halides is 6. The van der Waals surface area contributed by atoms with E-state index in [-0.39, 0.29) is 17.1 Å². The minimum atomic E-state index is -4.91. The monoisotopic (exact) mass is 540 g/mol. The molecule has 1 aliphatic rings. The van der Waals surface area contributed by atoms with Crippen molar-refractivity contribution in [2.24, 2.45) is 0 Å². The summed E-state index contributed by atoms with van der Waals surface area (Å²) >= 11 is 0. The molecule has 200 valence electrons. The molecule has 0 aliphatic carbocycles. The van der Waals surface area contributed by atoms with Gasteiger partial charge in [-0.1, -0.05) is 12.1 Å². The molecule has 2 aromatic carbocycles. The first-order valence-corrected chi connectivity index (χ1v) is 11.0. The summed E-state index contributed by atoms with van der Waals surface area (Å²) in [5, 5.41) is 2.90. The van der Waals surface area contributed by atoms with Gasteiger partial charge in [-0.2, -0.15) is 13.2 Å². The van der Waals surface area contributed by atoms with Gasteiger partial charge in [0.1, 0.15) is 11.6 Å². The molecule has 0 fully saturated rings. The van der Waals surface area contributed by atoms with Crippen molar-refractivity contribution >= 4 is 11.6 Å². The van der Waals surface area contributed by atoms with Crippen molar-refractivity contribution in [2.45, 2.75) is 38.0 Å². The summed E-state index contributed by atoms with van der Waals surface area (Å²) in [5.74, 6) is -3.09. The van der Waals surface area contributed by atoms with Crippen LogP contribution < -0.4 is 15.0 Å². The maximum absolute atomic E-state index is 14.0. The summed E-state index contributed by atoms with van der Waals surface area (Å²) in [6, 6.07) is 10.3. The second kappa shape index (κ2) is 9.62. The Labute approximate surface area is 211 Å². The minimum absolute atomic E-state index is 0.0351. The third-order valence-electron chi connectivity index (χ3n) is 5.59. The molecular formula is C25H19F7N4O2. The third-order valence-corrected chi connectivity index (χ3v) is 5.59. The number of anilines is 1. The fourth-order valence-electron chi connectivity index (χ4n) is 3.92. The lowest BCUT2D eigenvalue weighted by Gasteiger charge is -2.29. The zero-order chi connectivity index (χ0) is 27.9. The largest absolute Gasteiger partial charge is 0.573 e. The highest BCUT2D eigenvalue weighted by atomic mass is 19.4. The number of hydrogen-bond donors (Lipinski definition) is 1. The molecule has 0 bridgehead atoms. The SMILES string of the molecule is CC(C)(NC1=C[C@H](c2cccc(F)c2)N(c2ccc(OC(F)(F)F)cc2)C1=O)c1ccnc(C(F)(F)F)n1. The molecule has 1 N–H and O–H groups in total. The molecule has 3 aromatic rings. The van der Waals surface area contributed by atoms with Crippen LogP contribution in [0.3, 0.4) is 0 Å². The average molecular weight is 540 g/mol. The smallest absolute Gasteiger partial charge is 0.406 e. The number of rotatable bonds is 6. The standard InChI is InChI=1S/C25H19F7N4O2/c1-23(2,20-10-11-33-22(34-20)24(27,28)29)35-18-13-19(14-4-3-5-15(26)12-14)36(21(18)37)16-6-8-17(9-7-16)38-25(30,31)32/h3-13,19,35H,1-2H3/t19-/m1/s1. The highest BCUT2D eigenvalue weighted by Gasteiger charge is 2.40. The Bertz CT molecular complexity index is 1370. The van der Waals surface area contributed by atoms with E-state index in [0.29, 0.717) is 5.56 Å². The lowest BCUT2D eigenvalue weighted by atomic mass is 9.99. The van der Waals surface area contributed by atoms with Crippen LogP contribution in [0.1, 0.15) is 37.0 Å². The molecule has 2 heterocycles. The van der Waals surface area contributed by atoms with E-state index in [1.165, 1.54) is 61.2 Å². The van der Waals surface area contributed by atoms with Crippen molar-refractivity contribution < 1.29 is 40.3 Å². The normalized spacial score (nSPS) is 16.4. The zero-order valence-electron chi connectivity index (χ0n) is 19.7. The summed E-state index contributed by atoms with van der Waals surface area (Å²) < 4.78 is 94.9. The Morgan fingerprint density at radius 3 is 2.26 bits per heavy atom. The lowest BCUT2D eigenvalue weighted by molar-refractivity contribution is -0.274. The number of aromatic nitrogens is 2. The van der Waals surface area contributed by atoms with Crippen LogP contribution in [0.5, 0.6) is 5.75 Å². The van der Waals surface area contributed by atoms with Gasteiger partial charge >= 0.3 is 12.5 Å². The van der Waals surface area contributed by atoms with Crippen LogP contribution in [-0.4, -0.2) is 22.2 Å². The summed E-state index contributed by atoms with van der Waals surface area (Å²) in [6.45, 7) is 3.01. The predicted molar refractivity (Wildman–Crippen MR) is 121 cm³/mol. The number of carbonyl (C=O) groups excluding carboxylic acids is 1.